The Morgan fingerprint density at radius 3 is 2.17 bits per heavy atom. The van der Waals surface area contributed by atoms with Gasteiger partial charge in [-0.05, 0) is 24.4 Å². The van der Waals surface area contributed by atoms with E-state index in [0.29, 0.717) is 12.8 Å². The fraction of sp³-hybridized carbons (Fsp3) is 0.857. The first kappa shape index (κ1) is 11.6. The minimum atomic E-state index is -3.90. The second kappa shape index (κ2) is 4.60. The van der Waals surface area contributed by atoms with Crippen molar-refractivity contribution < 1.29 is 18.3 Å². The van der Waals surface area contributed by atoms with Crippen LogP contribution in [0.15, 0.2) is 0 Å². The van der Waals surface area contributed by atoms with Crippen molar-refractivity contribution in [3.8, 4) is 0 Å². The fourth-order valence-electron chi connectivity index (χ4n) is 0.674. The van der Waals surface area contributed by atoms with Crippen LogP contribution in [0.2, 0.25) is 0 Å². The van der Waals surface area contributed by atoms with E-state index in [9.17, 15) is 13.6 Å². The molecule has 0 rings (SSSR count). The highest BCUT2D eigenvalue weighted by Gasteiger charge is 2.38. The van der Waals surface area contributed by atoms with E-state index in [1.165, 1.54) is 0 Å². The van der Waals surface area contributed by atoms with Crippen LogP contribution in [0.5, 0.6) is 0 Å². The van der Waals surface area contributed by atoms with Gasteiger partial charge in [0.2, 0.25) is 0 Å². The molecule has 0 unspecified atom stereocenters. The van der Waals surface area contributed by atoms with Crippen LogP contribution in [0.1, 0.15) is 26.7 Å². The Morgan fingerprint density at radius 1 is 1.50 bits per heavy atom. The highest BCUT2D eigenvalue weighted by Crippen LogP contribution is 2.22. The van der Waals surface area contributed by atoms with Gasteiger partial charge >= 0.3 is 11.4 Å². The molecule has 0 fully saturated rings. The van der Waals surface area contributed by atoms with Crippen LogP contribution in [-0.2, 0) is 9.53 Å². The van der Waals surface area contributed by atoms with Gasteiger partial charge in [-0.25, -0.2) is 4.79 Å². The van der Waals surface area contributed by atoms with E-state index >= 15 is 0 Å². The summed E-state index contributed by atoms with van der Waals surface area (Å²) in [5.74, 6) is -1.67. The maximum atomic E-state index is 12.0. The minimum Gasteiger partial charge on any atom is -0.457 e. The Labute approximate surface area is 74.8 Å². The van der Waals surface area contributed by atoms with Gasteiger partial charge in [-0.3, -0.25) is 0 Å². The smallest absolute Gasteiger partial charge is 0.417 e. The molecule has 5 heteroatoms. The van der Waals surface area contributed by atoms with Crippen LogP contribution in [0, 0.1) is 0 Å². The number of halogens is 3. The van der Waals surface area contributed by atoms with Crippen molar-refractivity contribution in [1.82, 2.24) is 0 Å². The molecule has 0 N–H and O–H groups in total. The van der Waals surface area contributed by atoms with Gasteiger partial charge in [0.1, 0.15) is 6.10 Å². The molecule has 0 aromatic rings. The van der Waals surface area contributed by atoms with Crippen molar-refractivity contribution >= 4 is 17.6 Å². The lowest BCUT2D eigenvalue weighted by Crippen LogP contribution is -2.28. The topological polar surface area (TPSA) is 26.3 Å². The molecule has 0 spiro atoms. The third-order valence-corrected chi connectivity index (χ3v) is 1.57. The highest BCUT2D eigenvalue weighted by molar-refractivity contribution is 6.31. The summed E-state index contributed by atoms with van der Waals surface area (Å²) in [5.41, 5.74) is 0. The van der Waals surface area contributed by atoms with Crippen molar-refractivity contribution in [2.24, 2.45) is 0 Å². The van der Waals surface area contributed by atoms with Gasteiger partial charge in [0.25, 0.3) is 0 Å². The summed E-state index contributed by atoms with van der Waals surface area (Å²) in [5, 5.41) is -3.90. The van der Waals surface area contributed by atoms with E-state index in [4.69, 9.17) is 0 Å². The Hall–Kier alpha value is -0.380. The van der Waals surface area contributed by atoms with Crippen LogP contribution in [0.3, 0.4) is 0 Å². The van der Waals surface area contributed by atoms with E-state index in [2.05, 4.69) is 16.3 Å². The first-order valence-corrected chi connectivity index (χ1v) is 4.07. The third-order valence-electron chi connectivity index (χ3n) is 1.42. The molecular formula is C7H11ClF2O2. The summed E-state index contributed by atoms with van der Waals surface area (Å²) in [4.78, 5) is 10.5. The number of carbonyl (C=O) groups is 1. The molecule has 0 radical (unpaired) electrons. The average Bonchev–Trinajstić information content (AvgIpc) is 1.97. The predicted molar refractivity (Wildman–Crippen MR) is 41.3 cm³/mol. The normalized spacial score (nSPS) is 11.8. The molecule has 0 amide bonds. The van der Waals surface area contributed by atoms with Gasteiger partial charge in [0.05, 0.1) is 0 Å². The third kappa shape index (κ3) is 3.85. The molecule has 0 aromatic heterocycles. The predicted octanol–water partition coefficient (Wildman–Crippen LogP) is 2.55. The number of alkyl halides is 3. The Balaban J connectivity index is 3.99. The average molecular weight is 201 g/mol. The molecule has 0 bridgehead atoms. The minimum absolute atomic E-state index is 0.470. The summed E-state index contributed by atoms with van der Waals surface area (Å²) < 4.78 is 28.5. The Bertz CT molecular complexity index is 152. The fourth-order valence-corrected chi connectivity index (χ4v) is 0.718. The maximum absolute atomic E-state index is 12.0. The Morgan fingerprint density at radius 2 is 1.92 bits per heavy atom. The lowest BCUT2D eigenvalue weighted by molar-refractivity contribution is -0.167. The molecule has 0 aliphatic carbocycles. The first-order chi connectivity index (χ1) is 5.41. The van der Waals surface area contributed by atoms with Gasteiger partial charge in [0.15, 0.2) is 0 Å². The number of carbonyl (C=O) groups excluding carboxylic acids is 1. The Kier molecular flexibility index (Phi) is 4.45. The molecule has 72 valence electrons. The zero-order chi connectivity index (χ0) is 9.78. The lowest BCUT2D eigenvalue weighted by atomic mass is 10.2. The second-order valence-electron chi connectivity index (χ2n) is 2.34. The molecule has 0 saturated carbocycles. The van der Waals surface area contributed by atoms with Crippen LogP contribution < -0.4 is 0 Å². The number of ether oxygens (including phenoxy) is 1. The number of rotatable bonds is 4. The SMILES string of the molecule is CCC(CC)OC(=O)C(F)(F)Cl. The quantitative estimate of drug-likeness (QED) is 0.515. The summed E-state index contributed by atoms with van der Waals surface area (Å²) in [6, 6.07) is 0. The van der Waals surface area contributed by atoms with Crippen molar-refractivity contribution in [2.45, 2.75) is 38.2 Å². The summed E-state index contributed by atoms with van der Waals surface area (Å²) in [7, 11) is 0. The zero-order valence-electron chi connectivity index (χ0n) is 6.94. The zero-order valence-corrected chi connectivity index (χ0v) is 7.70. The van der Waals surface area contributed by atoms with Gasteiger partial charge in [-0.2, -0.15) is 8.78 Å². The van der Waals surface area contributed by atoms with Gasteiger partial charge in [-0.15, -0.1) is 0 Å². The molecule has 0 saturated heterocycles. The summed E-state index contributed by atoms with van der Waals surface area (Å²) >= 11 is 4.43. The van der Waals surface area contributed by atoms with E-state index in [1.807, 2.05) is 0 Å². The van der Waals surface area contributed by atoms with Crippen LogP contribution in [0.4, 0.5) is 8.78 Å². The number of hydrogen-bond donors (Lipinski definition) is 0. The largest absolute Gasteiger partial charge is 0.457 e. The highest BCUT2D eigenvalue weighted by atomic mass is 35.5. The van der Waals surface area contributed by atoms with Crippen molar-refractivity contribution in [3.05, 3.63) is 0 Å². The molecule has 0 aromatic carbocycles. The van der Waals surface area contributed by atoms with E-state index in [0.717, 1.165) is 0 Å². The molecule has 0 aliphatic rings. The number of esters is 1. The van der Waals surface area contributed by atoms with E-state index in [1.54, 1.807) is 13.8 Å². The lowest BCUT2D eigenvalue weighted by Gasteiger charge is -2.15. The van der Waals surface area contributed by atoms with Gasteiger partial charge in [0, 0.05) is 0 Å². The molecular weight excluding hydrogens is 190 g/mol. The molecule has 12 heavy (non-hydrogen) atoms. The van der Waals surface area contributed by atoms with Crippen LogP contribution in [-0.4, -0.2) is 17.5 Å². The number of hydrogen-bond acceptors (Lipinski definition) is 2. The van der Waals surface area contributed by atoms with E-state index < -0.39 is 17.5 Å². The molecule has 0 aliphatic heterocycles. The van der Waals surface area contributed by atoms with Crippen molar-refractivity contribution in [2.75, 3.05) is 0 Å². The van der Waals surface area contributed by atoms with Gasteiger partial charge in [-0.1, -0.05) is 13.8 Å². The molecule has 2 nitrogen and oxygen atoms in total. The van der Waals surface area contributed by atoms with Crippen LogP contribution >= 0.6 is 11.6 Å². The van der Waals surface area contributed by atoms with E-state index in [-0.39, 0.29) is 0 Å². The summed E-state index contributed by atoms with van der Waals surface area (Å²) in [6.07, 6.45) is 0.548. The summed E-state index contributed by atoms with van der Waals surface area (Å²) in [6.45, 7) is 3.49. The van der Waals surface area contributed by atoms with Crippen molar-refractivity contribution in [3.63, 3.8) is 0 Å². The standard InChI is InChI=1S/C7H11ClF2O2/c1-3-5(4-2)12-6(11)7(8,9)10/h5H,3-4H2,1-2H3. The maximum Gasteiger partial charge on any atom is 0.417 e. The first-order valence-electron chi connectivity index (χ1n) is 3.69. The molecule has 0 atom stereocenters. The van der Waals surface area contributed by atoms with Gasteiger partial charge < -0.3 is 4.74 Å². The monoisotopic (exact) mass is 200 g/mol. The van der Waals surface area contributed by atoms with Crippen LogP contribution in [0.25, 0.3) is 0 Å². The van der Waals surface area contributed by atoms with Crippen molar-refractivity contribution in [1.29, 1.82) is 0 Å². The second-order valence-corrected chi connectivity index (χ2v) is 2.82. The molecule has 0 heterocycles.